The molecule has 0 amide bonds. The summed E-state index contributed by atoms with van der Waals surface area (Å²) in [5.74, 6) is 0.0682. The first-order valence-electron chi connectivity index (χ1n) is 7.30. The van der Waals surface area contributed by atoms with Crippen molar-refractivity contribution >= 4 is 23.3 Å². The predicted molar refractivity (Wildman–Crippen MR) is 82.1 cm³/mol. The Kier molecular flexibility index (Phi) is 4.92. The quantitative estimate of drug-likeness (QED) is 0.843. The van der Waals surface area contributed by atoms with Crippen LogP contribution >= 0.6 is 11.6 Å². The van der Waals surface area contributed by atoms with Crippen molar-refractivity contribution in [2.24, 2.45) is 5.92 Å². The number of para-hydroxylation sites is 1. The number of hydrogen-bond donors (Lipinski definition) is 1. The van der Waals surface area contributed by atoms with Gasteiger partial charge in [-0.1, -0.05) is 43.5 Å². The van der Waals surface area contributed by atoms with Crippen LogP contribution in [0.15, 0.2) is 24.3 Å². The van der Waals surface area contributed by atoms with E-state index >= 15 is 0 Å². The lowest BCUT2D eigenvalue weighted by atomic mass is 9.73. The maximum atomic E-state index is 12.5. The summed E-state index contributed by atoms with van der Waals surface area (Å²) in [5, 5.41) is 4.02. The number of benzene rings is 1. The second-order valence-electron chi connectivity index (χ2n) is 5.44. The molecular formula is C16H22ClNO2. The van der Waals surface area contributed by atoms with Gasteiger partial charge in [0.1, 0.15) is 5.54 Å². The van der Waals surface area contributed by atoms with E-state index in [1.807, 2.05) is 31.2 Å². The highest BCUT2D eigenvalue weighted by Crippen LogP contribution is 2.39. The molecule has 1 aromatic rings. The van der Waals surface area contributed by atoms with Crippen LogP contribution in [0.25, 0.3) is 0 Å². The molecule has 1 N–H and O–H groups in total. The third kappa shape index (κ3) is 2.93. The Bertz CT molecular complexity index is 477. The minimum atomic E-state index is -0.654. The molecule has 20 heavy (non-hydrogen) atoms. The fourth-order valence-electron chi connectivity index (χ4n) is 2.95. The molecule has 110 valence electrons. The number of anilines is 1. The van der Waals surface area contributed by atoms with Gasteiger partial charge in [-0.05, 0) is 37.8 Å². The molecule has 1 aliphatic carbocycles. The van der Waals surface area contributed by atoms with E-state index in [1.165, 1.54) is 0 Å². The summed E-state index contributed by atoms with van der Waals surface area (Å²) in [5.41, 5.74) is 0.148. The van der Waals surface area contributed by atoms with Crippen molar-refractivity contribution in [2.75, 3.05) is 11.9 Å². The Morgan fingerprint density at radius 1 is 1.45 bits per heavy atom. The van der Waals surface area contributed by atoms with Crippen LogP contribution in [0.5, 0.6) is 0 Å². The highest BCUT2D eigenvalue weighted by atomic mass is 35.5. The lowest BCUT2D eigenvalue weighted by Gasteiger charge is -2.41. The molecule has 2 rings (SSSR count). The maximum Gasteiger partial charge on any atom is 0.332 e. The molecule has 0 bridgehead atoms. The number of carbonyl (C=O) groups excluding carboxylic acids is 1. The van der Waals surface area contributed by atoms with Gasteiger partial charge in [0.15, 0.2) is 0 Å². The fourth-order valence-corrected chi connectivity index (χ4v) is 3.13. The van der Waals surface area contributed by atoms with E-state index in [9.17, 15) is 4.79 Å². The summed E-state index contributed by atoms with van der Waals surface area (Å²) in [7, 11) is 0. The van der Waals surface area contributed by atoms with Crippen LogP contribution in [0, 0.1) is 5.92 Å². The van der Waals surface area contributed by atoms with E-state index < -0.39 is 5.54 Å². The lowest BCUT2D eigenvalue weighted by molar-refractivity contribution is -0.151. The topological polar surface area (TPSA) is 38.3 Å². The van der Waals surface area contributed by atoms with Crippen molar-refractivity contribution in [1.29, 1.82) is 0 Å². The summed E-state index contributed by atoms with van der Waals surface area (Å²) in [6.07, 6.45) is 4.00. The van der Waals surface area contributed by atoms with Crippen LogP contribution in [-0.2, 0) is 9.53 Å². The fraction of sp³-hybridized carbons (Fsp3) is 0.562. The maximum absolute atomic E-state index is 12.5. The van der Waals surface area contributed by atoms with Crippen molar-refractivity contribution in [3.8, 4) is 0 Å². The molecule has 0 radical (unpaired) electrons. The van der Waals surface area contributed by atoms with Crippen LogP contribution in [0.3, 0.4) is 0 Å². The first-order chi connectivity index (χ1) is 9.60. The molecule has 4 heteroatoms. The van der Waals surface area contributed by atoms with E-state index in [4.69, 9.17) is 16.3 Å². The zero-order valence-electron chi connectivity index (χ0n) is 12.1. The van der Waals surface area contributed by atoms with Crippen molar-refractivity contribution in [2.45, 2.75) is 45.1 Å². The normalized spacial score (nSPS) is 26.1. The number of halogens is 1. The van der Waals surface area contributed by atoms with Gasteiger partial charge in [-0.25, -0.2) is 4.79 Å². The van der Waals surface area contributed by atoms with Crippen LogP contribution in [0.4, 0.5) is 5.69 Å². The van der Waals surface area contributed by atoms with Gasteiger partial charge in [0, 0.05) is 0 Å². The van der Waals surface area contributed by atoms with Gasteiger partial charge in [0.05, 0.1) is 17.3 Å². The van der Waals surface area contributed by atoms with Crippen molar-refractivity contribution in [3.05, 3.63) is 29.3 Å². The minimum absolute atomic E-state index is 0.160. The highest BCUT2D eigenvalue weighted by molar-refractivity contribution is 6.33. The van der Waals surface area contributed by atoms with E-state index in [0.29, 0.717) is 11.6 Å². The highest BCUT2D eigenvalue weighted by Gasteiger charge is 2.46. The molecule has 2 unspecified atom stereocenters. The van der Waals surface area contributed by atoms with Gasteiger partial charge in [-0.15, -0.1) is 0 Å². The molecule has 0 aliphatic heterocycles. The number of nitrogens with one attached hydrogen (secondary N) is 1. The Hall–Kier alpha value is -1.22. The predicted octanol–water partition coefficient (Wildman–Crippen LogP) is 4.26. The van der Waals surface area contributed by atoms with Crippen LogP contribution in [0.1, 0.15) is 39.5 Å². The molecule has 0 aromatic heterocycles. The van der Waals surface area contributed by atoms with Crippen LogP contribution < -0.4 is 5.32 Å². The van der Waals surface area contributed by atoms with Gasteiger partial charge in [0.2, 0.25) is 0 Å². The second-order valence-corrected chi connectivity index (χ2v) is 5.85. The Morgan fingerprint density at radius 2 is 2.20 bits per heavy atom. The molecule has 0 spiro atoms. The molecule has 0 heterocycles. The van der Waals surface area contributed by atoms with Gasteiger partial charge < -0.3 is 10.1 Å². The van der Waals surface area contributed by atoms with Gasteiger partial charge in [-0.2, -0.15) is 0 Å². The molecule has 1 saturated carbocycles. The second kappa shape index (κ2) is 6.49. The number of esters is 1. The van der Waals surface area contributed by atoms with Crippen LogP contribution in [0.2, 0.25) is 5.02 Å². The molecule has 3 nitrogen and oxygen atoms in total. The van der Waals surface area contributed by atoms with Crippen molar-refractivity contribution in [3.63, 3.8) is 0 Å². The van der Waals surface area contributed by atoms with E-state index in [0.717, 1.165) is 31.4 Å². The van der Waals surface area contributed by atoms with Crippen molar-refractivity contribution < 1.29 is 9.53 Å². The Labute approximate surface area is 125 Å². The average molecular weight is 296 g/mol. The van der Waals surface area contributed by atoms with E-state index in [1.54, 1.807) is 0 Å². The minimum Gasteiger partial charge on any atom is -0.464 e. The van der Waals surface area contributed by atoms with E-state index in [-0.39, 0.29) is 11.9 Å². The van der Waals surface area contributed by atoms with Gasteiger partial charge in [-0.3, -0.25) is 0 Å². The number of carbonyl (C=O) groups is 1. The van der Waals surface area contributed by atoms with Crippen molar-refractivity contribution in [1.82, 2.24) is 0 Å². The molecule has 2 atom stereocenters. The zero-order chi connectivity index (χ0) is 14.6. The third-order valence-electron chi connectivity index (χ3n) is 4.17. The average Bonchev–Trinajstić information content (AvgIpc) is 2.44. The molecule has 1 aromatic carbocycles. The largest absolute Gasteiger partial charge is 0.464 e. The standard InChI is InChI=1S/C16H22ClNO2/c1-3-20-15(19)16(11-7-6-8-12(16)2)18-14-10-5-4-9-13(14)17/h4-5,9-10,12,18H,3,6-8,11H2,1-2H3. The van der Waals surface area contributed by atoms with Gasteiger partial charge >= 0.3 is 5.97 Å². The summed E-state index contributed by atoms with van der Waals surface area (Å²) in [6.45, 7) is 4.35. The number of ether oxygens (including phenoxy) is 1. The van der Waals surface area contributed by atoms with Gasteiger partial charge in [0.25, 0.3) is 0 Å². The third-order valence-corrected chi connectivity index (χ3v) is 4.50. The zero-order valence-corrected chi connectivity index (χ0v) is 12.9. The first kappa shape index (κ1) is 15.2. The lowest BCUT2D eigenvalue weighted by Crippen LogP contribution is -2.54. The summed E-state index contributed by atoms with van der Waals surface area (Å²) < 4.78 is 5.32. The molecular weight excluding hydrogens is 274 g/mol. The first-order valence-corrected chi connectivity index (χ1v) is 7.68. The molecule has 0 saturated heterocycles. The van der Waals surface area contributed by atoms with E-state index in [2.05, 4.69) is 12.2 Å². The van der Waals surface area contributed by atoms with Crippen LogP contribution in [-0.4, -0.2) is 18.1 Å². The molecule has 1 aliphatic rings. The summed E-state index contributed by atoms with van der Waals surface area (Å²) in [6, 6.07) is 7.54. The summed E-state index contributed by atoms with van der Waals surface area (Å²) >= 11 is 6.22. The Morgan fingerprint density at radius 3 is 2.85 bits per heavy atom. The monoisotopic (exact) mass is 295 g/mol. The smallest absolute Gasteiger partial charge is 0.332 e. The number of rotatable bonds is 4. The Balaban J connectivity index is 2.31. The summed E-state index contributed by atoms with van der Waals surface area (Å²) in [4.78, 5) is 12.5. The SMILES string of the molecule is CCOC(=O)C1(Nc2ccccc2Cl)CCCCC1C. The molecule has 1 fully saturated rings. The number of hydrogen-bond acceptors (Lipinski definition) is 3.